The number of carbonyl (C=O) groups excluding carboxylic acids is 1. The second-order valence-electron chi connectivity index (χ2n) is 6.56. The lowest BCUT2D eigenvalue weighted by Crippen LogP contribution is -2.36. The van der Waals surface area contributed by atoms with E-state index in [9.17, 15) is 4.79 Å². The molecule has 0 bridgehead atoms. The van der Waals surface area contributed by atoms with Crippen molar-refractivity contribution in [3.8, 4) is 22.8 Å². The number of morpholine rings is 1. The summed E-state index contributed by atoms with van der Waals surface area (Å²) in [6.07, 6.45) is 1.58. The summed E-state index contributed by atoms with van der Waals surface area (Å²) in [6, 6.07) is 9.16. The highest BCUT2D eigenvalue weighted by molar-refractivity contribution is 7.14. The van der Waals surface area contributed by atoms with E-state index in [-0.39, 0.29) is 5.91 Å². The van der Waals surface area contributed by atoms with E-state index in [0.29, 0.717) is 35.4 Å². The van der Waals surface area contributed by atoms with Gasteiger partial charge in [-0.15, -0.1) is 11.3 Å². The minimum atomic E-state index is -0.251. The summed E-state index contributed by atoms with van der Waals surface area (Å²) in [5, 5.41) is 5.22. The first-order chi connectivity index (χ1) is 14.7. The van der Waals surface area contributed by atoms with Crippen molar-refractivity contribution < 1.29 is 19.0 Å². The van der Waals surface area contributed by atoms with Crippen LogP contribution in [0.25, 0.3) is 11.3 Å². The Labute approximate surface area is 178 Å². The molecule has 1 saturated heterocycles. The molecule has 30 heavy (non-hydrogen) atoms. The molecule has 1 N–H and O–H groups in total. The highest BCUT2D eigenvalue weighted by Crippen LogP contribution is 2.34. The zero-order valence-corrected chi connectivity index (χ0v) is 17.6. The molecule has 0 saturated carbocycles. The number of rotatable bonds is 6. The van der Waals surface area contributed by atoms with E-state index in [1.54, 1.807) is 32.5 Å². The Morgan fingerprint density at radius 2 is 2.00 bits per heavy atom. The number of aromatic nitrogens is 2. The van der Waals surface area contributed by atoms with Crippen LogP contribution in [-0.4, -0.2) is 56.4 Å². The summed E-state index contributed by atoms with van der Waals surface area (Å²) in [5.74, 6) is 1.95. The molecular weight excluding hydrogens is 404 g/mol. The molecule has 8 nitrogen and oxygen atoms in total. The van der Waals surface area contributed by atoms with E-state index >= 15 is 0 Å². The van der Waals surface area contributed by atoms with Gasteiger partial charge in [0.25, 0.3) is 5.91 Å². The number of anilines is 2. The average molecular weight is 426 g/mol. The Hall–Kier alpha value is -3.17. The van der Waals surface area contributed by atoms with Crippen molar-refractivity contribution in [1.82, 2.24) is 9.97 Å². The normalized spacial score (nSPS) is 13.7. The fraction of sp³-hybridized carbons (Fsp3) is 0.286. The van der Waals surface area contributed by atoms with Crippen LogP contribution in [0.2, 0.25) is 0 Å². The molecule has 0 atom stereocenters. The van der Waals surface area contributed by atoms with Gasteiger partial charge in [-0.25, -0.2) is 9.97 Å². The maximum atomic E-state index is 12.6. The van der Waals surface area contributed by atoms with Crippen molar-refractivity contribution in [3.05, 3.63) is 47.5 Å². The minimum absolute atomic E-state index is 0.251. The predicted octanol–water partition coefficient (Wildman–Crippen LogP) is 3.31. The number of amides is 1. The molecule has 1 amide bonds. The smallest absolute Gasteiger partial charge is 0.259 e. The Balaban J connectivity index is 1.45. The SMILES string of the molecule is COc1ccc(-c2csc(NC(=O)c3ccc(N4CCOCC4)nc3)n2)c(OC)c1. The van der Waals surface area contributed by atoms with Crippen LogP contribution in [0.1, 0.15) is 10.4 Å². The van der Waals surface area contributed by atoms with Crippen LogP contribution in [0.3, 0.4) is 0 Å². The number of pyridine rings is 1. The van der Waals surface area contributed by atoms with Gasteiger partial charge < -0.3 is 19.1 Å². The van der Waals surface area contributed by atoms with Crippen LogP contribution in [-0.2, 0) is 4.74 Å². The number of hydrogen-bond acceptors (Lipinski definition) is 8. The van der Waals surface area contributed by atoms with Gasteiger partial charge in [-0.05, 0) is 24.3 Å². The molecule has 0 aliphatic carbocycles. The molecule has 3 aromatic rings. The lowest BCUT2D eigenvalue weighted by atomic mass is 10.1. The number of carbonyl (C=O) groups is 1. The predicted molar refractivity (Wildman–Crippen MR) is 116 cm³/mol. The summed E-state index contributed by atoms with van der Waals surface area (Å²) in [7, 11) is 3.20. The van der Waals surface area contributed by atoms with Gasteiger partial charge in [-0.2, -0.15) is 0 Å². The number of methoxy groups -OCH3 is 2. The van der Waals surface area contributed by atoms with E-state index in [4.69, 9.17) is 14.2 Å². The van der Waals surface area contributed by atoms with E-state index < -0.39 is 0 Å². The number of ether oxygens (including phenoxy) is 3. The molecule has 1 aliphatic heterocycles. The third kappa shape index (κ3) is 4.37. The first kappa shape index (κ1) is 20.1. The van der Waals surface area contributed by atoms with Crippen LogP contribution in [0.5, 0.6) is 11.5 Å². The quantitative estimate of drug-likeness (QED) is 0.647. The van der Waals surface area contributed by atoms with Crippen molar-refractivity contribution >= 4 is 28.2 Å². The second-order valence-corrected chi connectivity index (χ2v) is 7.42. The number of nitrogens with zero attached hydrogens (tertiary/aromatic N) is 3. The van der Waals surface area contributed by atoms with Crippen LogP contribution < -0.4 is 19.7 Å². The monoisotopic (exact) mass is 426 g/mol. The van der Waals surface area contributed by atoms with E-state index in [1.807, 2.05) is 23.6 Å². The second kappa shape index (κ2) is 9.10. The van der Waals surface area contributed by atoms with Crippen LogP contribution in [0.4, 0.5) is 10.9 Å². The molecule has 2 aromatic heterocycles. The first-order valence-corrected chi connectivity index (χ1v) is 10.3. The molecule has 3 heterocycles. The van der Waals surface area contributed by atoms with E-state index in [0.717, 1.165) is 30.2 Å². The summed E-state index contributed by atoms with van der Waals surface area (Å²) < 4.78 is 16.0. The molecule has 0 spiro atoms. The topological polar surface area (TPSA) is 85.8 Å². The highest BCUT2D eigenvalue weighted by atomic mass is 32.1. The fourth-order valence-electron chi connectivity index (χ4n) is 3.13. The van der Waals surface area contributed by atoms with Gasteiger partial charge in [-0.1, -0.05) is 0 Å². The first-order valence-electron chi connectivity index (χ1n) is 9.46. The Morgan fingerprint density at radius 3 is 2.70 bits per heavy atom. The Morgan fingerprint density at radius 1 is 1.17 bits per heavy atom. The molecule has 1 aromatic carbocycles. The molecule has 156 valence electrons. The number of nitrogens with one attached hydrogen (secondary N) is 1. The average Bonchev–Trinajstić information content (AvgIpc) is 3.27. The number of hydrogen-bond donors (Lipinski definition) is 1. The van der Waals surface area contributed by atoms with Gasteiger partial charge in [0.05, 0.1) is 38.7 Å². The maximum absolute atomic E-state index is 12.6. The van der Waals surface area contributed by atoms with Gasteiger partial charge in [0.1, 0.15) is 17.3 Å². The van der Waals surface area contributed by atoms with E-state index in [2.05, 4.69) is 20.2 Å². The van der Waals surface area contributed by atoms with Gasteiger partial charge in [0.15, 0.2) is 5.13 Å². The van der Waals surface area contributed by atoms with Gasteiger partial charge in [0.2, 0.25) is 0 Å². The molecule has 1 aliphatic rings. The summed E-state index contributed by atoms with van der Waals surface area (Å²) in [5.41, 5.74) is 2.02. The van der Waals surface area contributed by atoms with Crippen molar-refractivity contribution in [2.24, 2.45) is 0 Å². The van der Waals surface area contributed by atoms with Crippen LogP contribution >= 0.6 is 11.3 Å². The standard InChI is InChI=1S/C21H22N4O4S/c1-27-15-4-5-16(18(11-15)28-2)17-13-30-21(23-17)24-20(26)14-3-6-19(22-12-14)25-7-9-29-10-8-25/h3-6,11-13H,7-10H2,1-2H3,(H,23,24,26). The van der Waals surface area contributed by atoms with Crippen LogP contribution in [0, 0.1) is 0 Å². The third-order valence-electron chi connectivity index (χ3n) is 4.75. The molecule has 4 rings (SSSR count). The fourth-order valence-corrected chi connectivity index (χ4v) is 3.84. The summed E-state index contributed by atoms with van der Waals surface area (Å²) in [4.78, 5) is 23.7. The van der Waals surface area contributed by atoms with Gasteiger partial charge in [0, 0.05) is 36.3 Å². The molecule has 0 unspecified atom stereocenters. The van der Waals surface area contributed by atoms with Gasteiger partial charge in [-0.3, -0.25) is 10.1 Å². The summed E-state index contributed by atoms with van der Waals surface area (Å²) >= 11 is 1.35. The molecule has 1 fully saturated rings. The molecule has 0 radical (unpaired) electrons. The zero-order chi connectivity index (χ0) is 20.9. The van der Waals surface area contributed by atoms with Crippen molar-refractivity contribution in [1.29, 1.82) is 0 Å². The minimum Gasteiger partial charge on any atom is -0.497 e. The molecular formula is C21H22N4O4S. The summed E-state index contributed by atoms with van der Waals surface area (Å²) in [6.45, 7) is 2.98. The highest BCUT2D eigenvalue weighted by Gasteiger charge is 2.16. The number of benzene rings is 1. The zero-order valence-electron chi connectivity index (χ0n) is 16.8. The largest absolute Gasteiger partial charge is 0.497 e. The number of thiazole rings is 1. The van der Waals surface area contributed by atoms with Crippen molar-refractivity contribution in [2.45, 2.75) is 0 Å². The van der Waals surface area contributed by atoms with E-state index in [1.165, 1.54) is 11.3 Å². The van der Waals surface area contributed by atoms with Crippen molar-refractivity contribution in [3.63, 3.8) is 0 Å². The van der Waals surface area contributed by atoms with Gasteiger partial charge >= 0.3 is 0 Å². The Bertz CT molecular complexity index is 1020. The van der Waals surface area contributed by atoms with Crippen LogP contribution in [0.15, 0.2) is 41.9 Å². The lowest BCUT2D eigenvalue weighted by molar-refractivity contribution is 0.102. The Kier molecular flexibility index (Phi) is 6.10. The maximum Gasteiger partial charge on any atom is 0.259 e. The lowest BCUT2D eigenvalue weighted by Gasteiger charge is -2.27. The third-order valence-corrected chi connectivity index (χ3v) is 5.51. The van der Waals surface area contributed by atoms with Crippen molar-refractivity contribution in [2.75, 3.05) is 50.7 Å². The molecule has 9 heteroatoms.